The third-order valence-electron chi connectivity index (χ3n) is 8.28. The highest BCUT2D eigenvalue weighted by molar-refractivity contribution is 5.73. The number of carbonyl (C=O) groups excluding carboxylic acids is 1. The molecule has 8 nitrogen and oxygen atoms in total. The molecule has 0 aliphatic carbocycles. The minimum Gasteiger partial charge on any atom is -0.486 e. The molecule has 1 aromatic heterocycles. The summed E-state index contributed by atoms with van der Waals surface area (Å²) >= 11 is 0. The number of rotatable bonds is 14. The Kier molecular flexibility index (Phi) is 11.8. The van der Waals surface area contributed by atoms with Crippen LogP contribution >= 0.6 is 0 Å². The standard InChI is InChI=1S/C36H49N5O3/c1-6-32(35(42)43-24-27-11-9-8-10-12-27)33(16-15-31(40-37)21-38-7-2)28-14-13-26(3)29(19-28)22-41-23-30-20-39-18-17-34(30)44-36(4,5)25-41/h8-14,17-21,32-33,38,40H,6-7,15-16,22-25,37H2,1-5H3/b31-21-. The summed E-state index contributed by atoms with van der Waals surface area (Å²) < 4.78 is 12.3. The quantitative estimate of drug-likeness (QED) is 0.116. The first-order valence-electron chi connectivity index (χ1n) is 15.8. The van der Waals surface area contributed by atoms with Gasteiger partial charge in [0.05, 0.1) is 5.92 Å². The third-order valence-corrected chi connectivity index (χ3v) is 8.28. The van der Waals surface area contributed by atoms with Gasteiger partial charge in [0.15, 0.2) is 0 Å². The fourth-order valence-electron chi connectivity index (χ4n) is 6.02. The minimum atomic E-state index is -0.346. The number of pyridine rings is 1. The van der Waals surface area contributed by atoms with Crippen LogP contribution in [0.5, 0.6) is 5.75 Å². The molecule has 1 aliphatic heterocycles. The molecule has 2 atom stereocenters. The highest BCUT2D eigenvalue weighted by Crippen LogP contribution is 2.36. The SMILES string of the molecule is CCN/C=C(/CCC(c1ccc(C)c(CN2Cc3cnccc3OC(C)(C)C2)c1)C(CC)C(=O)OCc1ccccc1)NN. The molecule has 0 radical (unpaired) electrons. The van der Waals surface area contributed by atoms with Crippen molar-refractivity contribution in [2.45, 2.75) is 85.1 Å². The summed E-state index contributed by atoms with van der Waals surface area (Å²) in [5.74, 6) is 6.25. The van der Waals surface area contributed by atoms with Gasteiger partial charge in [0.25, 0.3) is 0 Å². The maximum absolute atomic E-state index is 13.6. The average Bonchev–Trinajstić information content (AvgIpc) is 3.15. The number of hydrazine groups is 1. The lowest BCUT2D eigenvalue weighted by Gasteiger charge is -2.30. The number of hydrogen-bond acceptors (Lipinski definition) is 8. The van der Waals surface area contributed by atoms with Crippen LogP contribution in [0.3, 0.4) is 0 Å². The van der Waals surface area contributed by atoms with Gasteiger partial charge in [0.1, 0.15) is 18.0 Å². The van der Waals surface area contributed by atoms with Crippen LogP contribution in [0.2, 0.25) is 0 Å². The number of benzene rings is 2. The van der Waals surface area contributed by atoms with E-state index in [2.05, 4.69) is 66.5 Å². The first kappa shape index (κ1) is 33.0. The fraction of sp³-hybridized carbons (Fsp3) is 0.444. The summed E-state index contributed by atoms with van der Waals surface area (Å²) in [4.78, 5) is 20.4. The third kappa shape index (κ3) is 9.07. The Hall–Kier alpha value is -3.88. The molecule has 44 heavy (non-hydrogen) atoms. The van der Waals surface area contributed by atoms with E-state index in [9.17, 15) is 4.79 Å². The number of nitrogens with two attached hydrogens (primary N) is 1. The first-order valence-corrected chi connectivity index (χ1v) is 15.8. The van der Waals surface area contributed by atoms with Gasteiger partial charge in [-0.25, -0.2) is 0 Å². The topological polar surface area (TPSA) is 102 Å². The van der Waals surface area contributed by atoms with E-state index in [-0.39, 0.29) is 30.0 Å². The lowest BCUT2D eigenvalue weighted by atomic mass is 9.80. The zero-order chi connectivity index (χ0) is 31.5. The Labute approximate surface area is 263 Å². The van der Waals surface area contributed by atoms with E-state index in [0.29, 0.717) is 12.8 Å². The molecule has 2 heterocycles. The zero-order valence-electron chi connectivity index (χ0n) is 26.9. The van der Waals surface area contributed by atoms with E-state index in [4.69, 9.17) is 15.3 Å². The van der Waals surface area contributed by atoms with Gasteiger partial charge in [-0.15, -0.1) is 0 Å². The molecule has 0 amide bonds. The summed E-state index contributed by atoms with van der Waals surface area (Å²) in [6.45, 7) is 13.9. The number of ether oxygens (including phenoxy) is 2. The first-order chi connectivity index (χ1) is 21.2. The maximum Gasteiger partial charge on any atom is 0.309 e. The van der Waals surface area contributed by atoms with E-state index in [1.54, 1.807) is 6.20 Å². The molecular formula is C36H49N5O3. The van der Waals surface area contributed by atoms with Gasteiger partial charge < -0.3 is 20.2 Å². The molecule has 236 valence electrons. The predicted octanol–water partition coefficient (Wildman–Crippen LogP) is 6.11. The zero-order valence-corrected chi connectivity index (χ0v) is 26.9. The van der Waals surface area contributed by atoms with Crippen LogP contribution < -0.4 is 21.3 Å². The molecule has 0 bridgehead atoms. The Bertz CT molecular complexity index is 1390. The summed E-state index contributed by atoms with van der Waals surface area (Å²) in [6.07, 6.45) is 7.72. The molecule has 2 aromatic carbocycles. The van der Waals surface area contributed by atoms with Crippen molar-refractivity contribution in [3.63, 3.8) is 0 Å². The monoisotopic (exact) mass is 599 g/mol. The van der Waals surface area contributed by atoms with E-state index >= 15 is 0 Å². The van der Waals surface area contributed by atoms with E-state index in [1.807, 2.05) is 55.7 Å². The number of fused-ring (bicyclic) bond motifs is 1. The van der Waals surface area contributed by atoms with Crippen LogP contribution in [0, 0.1) is 12.8 Å². The largest absolute Gasteiger partial charge is 0.486 e. The molecule has 0 saturated carbocycles. The molecule has 0 fully saturated rings. The molecule has 3 aromatic rings. The predicted molar refractivity (Wildman–Crippen MR) is 175 cm³/mol. The van der Waals surface area contributed by atoms with Crippen molar-refractivity contribution >= 4 is 5.97 Å². The average molecular weight is 600 g/mol. The van der Waals surface area contributed by atoms with Crippen molar-refractivity contribution in [1.82, 2.24) is 20.6 Å². The van der Waals surface area contributed by atoms with Gasteiger partial charge in [-0.2, -0.15) is 0 Å². The van der Waals surface area contributed by atoms with Crippen LogP contribution in [0.1, 0.15) is 80.7 Å². The number of nitrogens with zero attached hydrogens (tertiary/aromatic N) is 2. The number of aromatic nitrogens is 1. The van der Waals surface area contributed by atoms with Gasteiger partial charge in [0, 0.05) is 56.0 Å². The van der Waals surface area contributed by atoms with E-state index in [1.165, 1.54) is 11.1 Å². The second-order valence-corrected chi connectivity index (χ2v) is 12.3. The van der Waals surface area contributed by atoms with Gasteiger partial charge in [-0.1, -0.05) is 55.5 Å². The molecular weight excluding hydrogens is 550 g/mol. The Balaban J connectivity index is 1.61. The van der Waals surface area contributed by atoms with Crippen molar-refractivity contribution in [3.05, 3.63) is 107 Å². The normalized spacial score (nSPS) is 16.2. The number of hydrogen-bond donors (Lipinski definition) is 3. The highest BCUT2D eigenvalue weighted by Gasteiger charge is 2.32. The molecule has 4 N–H and O–H groups in total. The second kappa shape index (κ2) is 15.7. The van der Waals surface area contributed by atoms with Gasteiger partial charge in [0.2, 0.25) is 0 Å². The number of esters is 1. The summed E-state index contributed by atoms with van der Waals surface area (Å²) in [5.41, 5.74) is 9.05. The lowest BCUT2D eigenvalue weighted by Crippen LogP contribution is -2.40. The molecule has 1 aliphatic rings. The highest BCUT2D eigenvalue weighted by atomic mass is 16.5. The summed E-state index contributed by atoms with van der Waals surface area (Å²) in [7, 11) is 0. The minimum absolute atomic E-state index is 0.0465. The van der Waals surface area contributed by atoms with Gasteiger partial charge >= 0.3 is 5.97 Å². The summed E-state index contributed by atoms with van der Waals surface area (Å²) in [6, 6.07) is 18.4. The number of aryl methyl sites for hydroxylation is 1. The molecule has 0 spiro atoms. The van der Waals surface area contributed by atoms with Crippen molar-refractivity contribution in [2.24, 2.45) is 11.8 Å². The van der Waals surface area contributed by atoms with Crippen LogP contribution in [0.25, 0.3) is 0 Å². The smallest absolute Gasteiger partial charge is 0.309 e. The summed E-state index contributed by atoms with van der Waals surface area (Å²) in [5, 5.41) is 3.23. The van der Waals surface area contributed by atoms with Gasteiger partial charge in [-0.05, 0) is 81.2 Å². The Morgan fingerprint density at radius 1 is 1.18 bits per heavy atom. The van der Waals surface area contributed by atoms with Crippen molar-refractivity contribution < 1.29 is 14.3 Å². The van der Waals surface area contributed by atoms with Crippen LogP contribution in [-0.2, 0) is 29.2 Å². The van der Waals surface area contributed by atoms with Crippen LogP contribution in [0.4, 0.5) is 0 Å². The molecule has 2 unspecified atom stereocenters. The molecule has 0 saturated heterocycles. The lowest BCUT2D eigenvalue weighted by molar-refractivity contribution is -0.151. The van der Waals surface area contributed by atoms with Crippen LogP contribution in [0.15, 0.2) is 78.9 Å². The number of nitrogens with one attached hydrogen (secondary N) is 2. The van der Waals surface area contributed by atoms with Gasteiger partial charge in [-0.3, -0.25) is 20.5 Å². The molecule has 4 rings (SSSR count). The van der Waals surface area contributed by atoms with E-state index in [0.717, 1.165) is 60.7 Å². The number of allylic oxidation sites excluding steroid dienone is 1. The maximum atomic E-state index is 13.6. The fourth-order valence-corrected chi connectivity index (χ4v) is 6.02. The van der Waals surface area contributed by atoms with Crippen molar-refractivity contribution in [3.8, 4) is 5.75 Å². The van der Waals surface area contributed by atoms with Crippen LogP contribution in [-0.4, -0.2) is 34.5 Å². The second-order valence-electron chi connectivity index (χ2n) is 12.3. The molecule has 8 heteroatoms. The number of carbonyl (C=O) groups is 1. The van der Waals surface area contributed by atoms with Crippen molar-refractivity contribution in [2.75, 3.05) is 13.1 Å². The van der Waals surface area contributed by atoms with E-state index < -0.39 is 0 Å². The Morgan fingerprint density at radius 3 is 2.70 bits per heavy atom. The Morgan fingerprint density at radius 2 is 1.98 bits per heavy atom. The van der Waals surface area contributed by atoms with Crippen molar-refractivity contribution in [1.29, 1.82) is 0 Å².